The number of benzene rings is 5. The van der Waals surface area contributed by atoms with E-state index in [1.165, 1.54) is 5.56 Å². The molecule has 8 heteroatoms. The topological polar surface area (TPSA) is 94.5 Å². The minimum Gasteiger partial charge on any atom is -0.497 e. The number of likely N-dealkylation sites (tertiary alicyclic amines) is 1. The van der Waals surface area contributed by atoms with Crippen molar-refractivity contribution in [2.24, 2.45) is 4.99 Å². The van der Waals surface area contributed by atoms with Gasteiger partial charge < -0.3 is 20.1 Å². The quantitative estimate of drug-likeness (QED) is 0.142. The summed E-state index contributed by atoms with van der Waals surface area (Å²) in [6, 6.07) is 41.1. The fraction of sp³-hybridized carbons (Fsp3) is 0.233. The van der Waals surface area contributed by atoms with Gasteiger partial charge in [0.05, 0.1) is 30.6 Å². The zero-order chi connectivity index (χ0) is 35.2. The molecule has 5 aromatic carbocycles. The number of ether oxygens (including phenoxy) is 1. The molecule has 5 aromatic rings. The Hall–Kier alpha value is -5.73. The van der Waals surface area contributed by atoms with Crippen molar-refractivity contribution in [2.75, 3.05) is 30.4 Å². The van der Waals surface area contributed by atoms with E-state index >= 15 is 0 Å². The molecule has 258 valence electrons. The van der Waals surface area contributed by atoms with Crippen molar-refractivity contribution < 1.29 is 19.4 Å². The van der Waals surface area contributed by atoms with E-state index in [1.54, 1.807) is 7.11 Å². The van der Waals surface area contributed by atoms with Crippen molar-refractivity contribution in [3.8, 4) is 5.75 Å². The van der Waals surface area contributed by atoms with Crippen LogP contribution >= 0.6 is 0 Å². The fourth-order valence-electron chi connectivity index (χ4n) is 7.44. The second kappa shape index (κ2) is 15.4. The highest BCUT2D eigenvalue weighted by Gasteiger charge is 2.39. The second-order valence-electron chi connectivity index (χ2n) is 13.1. The number of hydrogen-bond donors (Lipinski definition) is 2. The average molecular weight is 679 g/mol. The molecular weight excluding hydrogens is 636 g/mol. The number of nitrogens with one attached hydrogen (secondary N) is 1. The summed E-state index contributed by atoms with van der Waals surface area (Å²) < 4.78 is 5.41. The van der Waals surface area contributed by atoms with Crippen LogP contribution in [0, 0.1) is 0 Å². The second-order valence-corrected chi connectivity index (χ2v) is 13.1. The first-order valence-corrected chi connectivity index (χ1v) is 17.5. The highest BCUT2D eigenvalue weighted by molar-refractivity contribution is 6.17. The van der Waals surface area contributed by atoms with Gasteiger partial charge in [0.2, 0.25) is 5.91 Å². The van der Waals surface area contributed by atoms with E-state index < -0.39 is 18.1 Å². The van der Waals surface area contributed by atoms with Crippen LogP contribution in [0.1, 0.15) is 46.7 Å². The van der Waals surface area contributed by atoms with Gasteiger partial charge >= 0.3 is 5.97 Å². The summed E-state index contributed by atoms with van der Waals surface area (Å²) in [5.41, 5.74) is 6.63. The van der Waals surface area contributed by atoms with Gasteiger partial charge in [-0.3, -0.25) is 14.7 Å². The van der Waals surface area contributed by atoms with Gasteiger partial charge in [-0.05, 0) is 72.8 Å². The maximum atomic E-state index is 14.0. The molecule has 0 bridgehead atoms. The molecule has 2 heterocycles. The van der Waals surface area contributed by atoms with Crippen molar-refractivity contribution in [3.63, 3.8) is 0 Å². The Labute approximate surface area is 299 Å². The zero-order valence-electron chi connectivity index (χ0n) is 28.7. The number of carboxylic acid groups (broad SMARTS) is 1. The lowest BCUT2D eigenvalue weighted by atomic mass is 9.87. The molecule has 0 aromatic heterocycles. The Morgan fingerprint density at radius 1 is 0.843 bits per heavy atom. The van der Waals surface area contributed by atoms with Crippen LogP contribution in [0.25, 0.3) is 0 Å². The van der Waals surface area contributed by atoms with Crippen LogP contribution in [-0.4, -0.2) is 59.9 Å². The Balaban J connectivity index is 1.28. The summed E-state index contributed by atoms with van der Waals surface area (Å²) in [4.78, 5) is 37.0. The lowest BCUT2D eigenvalue weighted by Gasteiger charge is -2.41. The predicted octanol–water partition coefficient (Wildman–Crippen LogP) is 7.39. The molecule has 2 N–H and O–H groups in total. The first-order valence-electron chi connectivity index (χ1n) is 17.5. The van der Waals surface area contributed by atoms with E-state index in [1.807, 2.05) is 115 Å². The highest BCUT2D eigenvalue weighted by atomic mass is 16.5. The van der Waals surface area contributed by atoms with Gasteiger partial charge in [0.15, 0.2) is 6.04 Å². The Morgan fingerprint density at radius 2 is 1.53 bits per heavy atom. The molecule has 0 unspecified atom stereocenters. The Kier molecular flexibility index (Phi) is 10.2. The molecule has 0 aliphatic carbocycles. The third-order valence-electron chi connectivity index (χ3n) is 9.94. The molecule has 0 saturated carbocycles. The third-order valence-corrected chi connectivity index (χ3v) is 9.94. The van der Waals surface area contributed by atoms with Gasteiger partial charge in [-0.1, -0.05) is 103 Å². The molecule has 0 spiro atoms. The molecule has 51 heavy (non-hydrogen) atoms. The molecule has 8 nitrogen and oxygen atoms in total. The van der Waals surface area contributed by atoms with Gasteiger partial charge in [-0.15, -0.1) is 0 Å². The first-order chi connectivity index (χ1) is 25.0. The van der Waals surface area contributed by atoms with Crippen LogP contribution in [0.15, 0.2) is 138 Å². The van der Waals surface area contributed by atoms with Crippen LogP contribution < -0.4 is 15.0 Å². The number of amides is 1. The number of carboxylic acids is 1. The number of carbonyl (C=O) groups excluding carboxylic acids is 1. The van der Waals surface area contributed by atoms with Gasteiger partial charge in [0.1, 0.15) is 5.75 Å². The highest BCUT2D eigenvalue weighted by Crippen LogP contribution is 2.38. The number of aliphatic carboxylic acids is 1. The summed E-state index contributed by atoms with van der Waals surface area (Å²) in [7, 11) is 1.63. The molecule has 1 saturated heterocycles. The normalized spacial score (nSPS) is 18.1. The van der Waals surface area contributed by atoms with Crippen LogP contribution in [0.4, 0.5) is 11.4 Å². The van der Waals surface area contributed by atoms with E-state index in [0.29, 0.717) is 30.1 Å². The molecule has 0 radical (unpaired) electrons. The van der Waals surface area contributed by atoms with Crippen molar-refractivity contribution in [1.82, 2.24) is 4.90 Å². The van der Waals surface area contributed by atoms with Crippen molar-refractivity contribution in [3.05, 3.63) is 161 Å². The third kappa shape index (κ3) is 7.42. The number of anilines is 2. The van der Waals surface area contributed by atoms with Crippen LogP contribution in [0.2, 0.25) is 0 Å². The largest absolute Gasteiger partial charge is 0.497 e. The average Bonchev–Trinajstić information content (AvgIpc) is 3.64. The molecule has 7 rings (SSSR count). The minimum absolute atomic E-state index is 0.0787. The minimum atomic E-state index is -1.18. The van der Waals surface area contributed by atoms with E-state index in [0.717, 1.165) is 53.9 Å². The number of rotatable bonds is 11. The van der Waals surface area contributed by atoms with E-state index in [4.69, 9.17) is 9.73 Å². The lowest BCUT2D eigenvalue weighted by molar-refractivity contribution is -0.139. The van der Waals surface area contributed by atoms with E-state index in [2.05, 4.69) is 33.3 Å². The fourth-order valence-corrected chi connectivity index (χ4v) is 7.44. The van der Waals surface area contributed by atoms with Gasteiger partial charge in [0.25, 0.3) is 0 Å². The molecule has 2 aliphatic heterocycles. The maximum Gasteiger partial charge on any atom is 0.330 e. The monoisotopic (exact) mass is 678 g/mol. The molecular formula is C43H42N4O4. The standard InChI is InChI=1S/C43H42N4O4/c1-51-34-24-22-33(23-25-34)47-28-26-31-15-8-9-18-35(31)41(47)40(43(49)50)45-39(32-16-6-3-7-17-32)36-19-10-11-20-37(36)44-42(48)38-21-12-27-46(38)29-30-13-4-2-5-14-30/h2-11,13-20,22-25,38,40-41H,12,21,26-29H2,1H3,(H,44,48)(H,49,50)/t38-,40-,41+/m0/s1. The number of fused-ring (bicyclic) bond motifs is 1. The molecule has 1 amide bonds. The summed E-state index contributed by atoms with van der Waals surface area (Å²) in [6.45, 7) is 2.17. The van der Waals surface area contributed by atoms with Crippen molar-refractivity contribution in [1.29, 1.82) is 0 Å². The van der Waals surface area contributed by atoms with Crippen LogP contribution in [0.5, 0.6) is 5.75 Å². The summed E-state index contributed by atoms with van der Waals surface area (Å²) in [5.74, 6) is -0.385. The number of carbonyl (C=O) groups is 2. The van der Waals surface area contributed by atoms with Gasteiger partial charge in [-0.25, -0.2) is 4.79 Å². The van der Waals surface area contributed by atoms with Crippen LogP contribution in [0.3, 0.4) is 0 Å². The smallest absolute Gasteiger partial charge is 0.330 e. The van der Waals surface area contributed by atoms with E-state index in [9.17, 15) is 14.7 Å². The number of para-hydroxylation sites is 1. The maximum absolute atomic E-state index is 14.0. The number of aliphatic imine (C=N–C) groups is 1. The summed E-state index contributed by atoms with van der Waals surface area (Å²) in [5, 5.41) is 14.3. The van der Waals surface area contributed by atoms with Crippen molar-refractivity contribution in [2.45, 2.75) is 43.9 Å². The van der Waals surface area contributed by atoms with E-state index in [-0.39, 0.29) is 11.9 Å². The van der Waals surface area contributed by atoms with Crippen molar-refractivity contribution >= 4 is 29.0 Å². The number of methoxy groups -OCH3 is 1. The number of hydrogen-bond acceptors (Lipinski definition) is 6. The molecule has 3 atom stereocenters. The summed E-state index contributed by atoms with van der Waals surface area (Å²) in [6.07, 6.45) is 2.48. The Bertz CT molecular complexity index is 2000. The predicted molar refractivity (Wildman–Crippen MR) is 202 cm³/mol. The summed E-state index contributed by atoms with van der Waals surface area (Å²) >= 11 is 0. The lowest BCUT2D eigenvalue weighted by Crippen LogP contribution is -2.44. The SMILES string of the molecule is COc1ccc(N2CCc3ccccc3[C@@H]2[C@H](N=C(c2ccccc2)c2ccccc2NC(=O)[C@@H]2CCCN2Cc2ccccc2)C(=O)O)cc1. The van der Waals surface area contributed by atoms with Gasteiger partial charge in [0, 0.05) is 29.9 Å². The first kappa shape index (κ1) is 33.8. The Morgan fingerprint density at radius 3 is 2.27 bits per heavy atom. The van der Waals surface area contributed by atoms with Crippen LogP contribution in [-0.2, 0) is 22.6 Å². The number of nitrogens with zero attached hydrogens (tertiary/aromatic N) is 3. The molecule has 1 fully saturated rings. The zero-order valence-corrected chi connectivity index (χ0v) is 28.7. The molecule has 2 aliphatic rings. The van der Waals surface area contributed by atoms with Gasteiger partial charge in [-0.2, -0.15) is 0 Å².